The molecule has 5 heteroatoms. The Morgan fingerprint density at radius 1 is 1.05 bits per heavy atom. The topological polar surface area (TPSA) is 51.5 Å². The molecular formula is C15H16N4O. The van der Waals surface area contributed by atoms with Gasteiger partial charge in [0.2, 0.25) is 11.8 Å². The van der Waals surface area contributed by atoms with Crippen LogP contribution in [-0.2, 0) is 0 Å². The number of hydrogen-bond donors (Lipinski definition) is 1. The van der Waals surface area contributed by atoms with Crippen molar-refractivity contribution in [3.8, 4) is 5.88 Å². The Morgan fingerprint density at radius 3 is 2.60 bits per heavy atom. The summed E-state index contributed by atoms with van der Waals surface area (Å²) in [5.74, 6) is 1.24. The van der Waals surface area contributed by atoms with Gasteiger partial charge in [0.25, 0.3) is 0 Å². The molecule has 0 amide bonds. The molecule has 0 saturated heterocycles. The predicted octanol–water partition coefficient (Wildman–Crippen LogP) is 3.26. The molecule has 0 aliphatic heterocycles. The summed E-state index contributed by atoms with van der Waals surface area (Å²) in [5.41, 5.74) is 1.70. The van der Waals surface area contributed by atoms with Gasteiger partial charge in [-0.2, -0.15) is 9.50 Å². The third-order valence-electron chi connectivity index (χ3n) is 2.71. The summed E-state index contributed by atoms with van der Waals surface area (Å²) in [6.07, 6.45) is 0.0929. The molecule has 1 aromatic carbocycles. The fraction of sp³-hybridized carbons (Fsp3) is 0.200. The molecule has 0 unspecified atom stereocenters. The Morgan fingerprint density at radius 2 is 1.85 bits per heavy atom. The van der Waals surface area contributed by atoms with Crippen LogP contribution in [0.4, 0.5) is 11.6 Å². The van der Waals surface area contributed by atoms with Crippen LogP contribution in [0.1, 0.15) is 13.8 Å². The number of nitrogens with zero attached hydrogens (tertiary/aromatic N) is 3. The minimum atomic E-state index is 0.0929. The van der Waals surface area contributed by atoms with E-state index in [4.69, 9.17) is 4.74 Å². The molecule has 0 atom stereocenters. The van der Waals surface area contributed by atoms with Gasteiger partial charge >= 0.3 is 0 Å². The third kappa shape index (κ3) is 2.56. The van der Waals surface area contributed by atoms with E-state index in [2.05, 4.69) is 15.4 Å². The molecule has 2 aromatic heterocycles. The number of rotatable bonds is 4. The maximum Gasteiger partial charge on any atom is 0.247 e. The highest BCUT2D eigenvalue weighted by Gasteiger charge is 2.09. The summed E-state index contributed by atoms with van der Waals surface area (Å²) in [5, 5.41) is 7.61. The Kier molecular flexibility index (Phi) is 3.25. The number of ether oxygens (including phenoxy) is 1. The number of hydrogen-bond acceptors (Lipinski definition) is 4. The van der Waals surface area contributed by atoms with E-state index < -0.39 is 0 Å². The first-order valence-electron chi connectivity index (χ1n) is 6.57. The lowest BCUT2D eigenvalue weighted by Crippen LogP contribution is -2.09. The average Bonchev–Trinajstić information content (AvgIpc) is 2.83. The molecule has 3 aromatic rings. The highest BCUT2D eigenvalue weighted by Crippen LogP contribution is 2.18. The number of pyridine rings is 1. The van der Waals surface area contributed by atoms with Crippen molar-refractivity contribution in [1.29, 1.82) is 0 Å². The van der Waals surface area contributed by atoms with Gasteiger partial charge in [0, 0.05) is 11.8 Å². The first-order valence-corrected chi connectivity index (χ1v) is 6.57. The van der Waals surface area contributed by atoms with Crippen molar-refractivity contribution in [2.75, 3.05) is 5.32 Å². The van der Waals surface area contributed by atoms with Crippen LogP contribution in [0.2, 0.25) is 0 Å². The van der Waals surface area contributed by atoms with Crippen LogP contribution >= 0.6 is 0 Å². The summed E-state index contributed by atoms with van der Waals surface area (Å²) in [7, 11) is 0. The zero-order chi connectivity index (χ0) is 13.9. The SMILES string of the molecule is CC(C)Oc1cccc2nc(Nc3ccccc3)nn12. The van der Waals surface area contributed by atoms with Gasteiger partial charge in [0.15, 0.2) is 5.65 Å². The van der Waals surface area contributed by atoms with Crippen molar-refractivity contribution in [2.45, 2.75) is 20.0 Å². The second kappa shape index (κ2) is 5.21. The molecule has 102 valence electrons. The minimum Gasteiger partial charge on any atom is -0.475 e. The van der Waals surface area contributed by atoms with Gasteiger partial charge in [0.1, 0.15) is 0 Å². The quantitative estimate of drug-likeness (QED) is 0.789. The number of para-hydroxylation sites is 1. The van der Waals surface area contributed by atoms with Crippen LogP contribution < -0.4 is 10.1 Å². The lowest BCUT2D eigenvalue weighted by molar-refractivity contribution is 0.227. The lowest BCUT2D eigenvalue weighted by atomic mass is 10.3. The van der Waals surface area contributed by atoms with E-state index >= 15 is 0 Å². The monoisotopic (exact) mass is 268 g/mol. The number of aromatic nitrogens is 3. The molecule has 0 aliphatic rings. The van der Waals surface area contributed by atoms with Gasteiger partial charge in [-0.3, -0.25) is 0 Å². The van der Waals surface area contributed by atoms with Crippen molar-refractivity contribution >= 4 is 17.3 Å². The molecule has 0 aliphatic carbocycles. The van der Waals surface area contributed by atoms with Gasteiger partial charge < -0.3 is 10.1 Å². The highest BCUT2D eigenvalue weighted by molar-refractivity contribution is 5.55. The van der Waals surface area contributed by atoms with Crippen LogP contribution in [-0.4, -0.2) is 20.7 Å². The molecule has 0 bridgehead atoms. The van der Waals surface area contributed by atoms with Crippen LogP contribution in [0.5, 0.6) is 5.88 Å². The normalized spacial score (nSPS) is 10.9. The summed E-state index contributed by atoms with van der Waals surface area (Å²) in [4.78, 5) is 4.44. The number of nitrogens with one attached hydrogen (secondary N) is 1. The van der Waals surface area contributed by atoms with E-state index in [0.717, 1.165) is 11.3 Å². The summed E-state index contributed by atoms with van der Waals surface area (Å²) < 4.78 is 7.42. The molecule has 0 fully saturated rings. The lowest BCUT2D eigenvalue weighted by Gasteiger charge is -2.09. The van der Waals surface area contributed by atoms with Gasteiger partial charge in [-0.25, -0.2) is 0 Å². The molecule has 20 heavy (non-hydrogen) atoms. The maximum absolute atomic E-state index is 5.72. The second-order valence-corrected chi connectivity index (χ2v) is 4.73. The van der Waals surface area contributed by atoms with Crippen LogP contribution in [0, 0.1) is 0 Å². The smallest absolute Gasteiger partial charge is 0.247 e. The molecule has 5 nitrogen and oxygen atoms in total. The highest BCUT2D eigenvalue weighted by atomic mass is 16.5. The van der Waals surface area contributed by atoms with Crippen LogP contribution in [0.25, 0.3) is 5.65 Å². The fourth-order valence-electron chi connectivity index (χ4n) is 1.92. The Labute approximate surface area is 117 Å². The Hall–Kier alpha value is -2.56. The van der Waals surface area contributed by atoms with Crippen molar-refractivity contribution in [2.24, 2.45) is 0 Å². The van der Waals surface area contributed by atoms with Crippen molar-refractivity contribution < 1.29 is 4.74 Å². The summed E-state index contributed by atoms with van der Waals surface area (Å²) >= 11 is 0. The van der Waals surface area contributed by atoms with Crippen LogP contribution in [0.15, 0.2) is 48.5 Å². The molecular weight excluding hydrogens is 252 g/mol. The molecule has 2 heterocycles. The third-order valence-corrected chi connectivity index (χ3v) is 2.71. The van der Waals surface area contributed by atoms with Crippen molar-refractivity contribution in [1.82, 2.24) is 14.6 Å². The fourth-order valence-corrected chi connectivity index (χ4v) is 1.92. The second-order valence-electron chi connectivity index (χ2n) is 4.73. The molecule has 0 radical (unpaired) electrons. The summed E-state index contributed by atoms with van der Waals surface area (Å²) in [6.45, 7) is 3.97. The first kappa shape index (κ1) is 12.5. The van der Waals surface area contributed by atoms with E-state index in [-0.39, 0.29) is 6.10 Å². The minimum absolute atomic E-state index is 0.0929. The van der Waals surface area contributed by atoms with E-state index in [9.17, 15) is 0 Å². The number of fused-ring (bicyclic) bond motifs is 1. The molecule has 0 saturated carbocycles. The Bertz CT molecular complexity index is 706. The molecule has 0 spiro atoms. The van der Waals surface area contributed by atoms with Crippen LogP contribution in [0.3, 0.4) is 0 Å². The van der Waals surface area contributed by atoms with E-state index in [1.807, 2.05) is 62.4 Å². The largest absolute Gasteiger partial charge is 0.475 e. The number of benzene rings is 1. The zero-order valence-corrected chi connectivity index (χ0v) is 11.4. The zero-order valence-electron chi connectivity index (χ0n) is 11.4. The van der Waals surface area contributed by atoms with Crippen molar-refractivity contribution in [3.05, 3.63) is 48.5 Å². The average molecular weight is 268 g/mol. The van der Waals surface area contributed by atoms with E-state index in [0.29, 0.717) is 11.8 Å². The standard InChI is InChI=1S/C15H16N4O/c1-11(2)20-14-10-6-9-13-17-15(18-19(13)14)16-12-7-4-3-5-8-12/h3-11H,1-2H3,(H,16,18). The molecule has 1 N–H and O–H groups in total. The van der Waals surface area contributed by atoms with Gasteiger partial charge in [-0.15, -0.1) is 5.10 Å². The Balaban J connectivity index is 1.94. The number of anilines is 2. The van der Waals surface area contributed by atoms with E-state index in [1.165, 1.54) is 0 Å². The maximum atomic E-state index is 5.72. The van der Waals surface area contributed by atoms with E-state index in [1.54, 1.807) is 4.52 Å². The van der Waals surface area contributed by atoms with Crippen molar-refractivity contribution in [3.63, 3.8) is 0 Å². The predicted molar refractivity (Wildman–Crippen MR) is 78.5 cm³/mol. The first-order chi connectivity index (χ1) is 9.72. The summed E-state index contributed by atoms with van der Waals surface area (Å²) in [6, 6.07) is 15.5. The van der Waals surface area contributed by atoms with Gasteiger partial charge in [-0.1, -0.05) is 24.3 Å². The van der Waals surface area contributed by atoms with Gasteiger partial charge in [0.05, 0.1) is 6.10 Å². The molecule has 3 rings (SSSR count). The van der Waals surface area contributed by atoms with Gasteiger partial charge in [-0.05, 0) is 32.0 Å².